The van der Waals surface area contributed by atoms with Crippen molar-refractivity contribution in [3.05, 3.63) is 182 Å². The molecule has 10 aromatic rings. The first kappa shape index (κ1) is 28.3. The number of fused-ring (bicyclic) bond motifs is 7. The zero-order valence-corrected chi connectivity index (χ0v) is 27.1. The Morgan fingerprint density at radius 2 is 0.840 bits per heavy atom. The van der Waals surface area contributed by atoms with E-state index < -0.39 is 0 Å². The lowest BCUT2D eigenvalue weighted by Crippen LogP contribution is -2.04. The third-order valence-corrected chi connectivity index (χ3v) is 9.76. The van der Waals surface area contributed by atoms with Crippen LogP contribution >= 0.6 is 0 Å². The largest absolute Gasteiger partial charge is 0.309 e. The molecule has 4 heteroatoms. The van der Waals surface area contributed by atoms with Crippen molar-refractivity contribution in [1.82, 2.24) is 19.1 Å². The Kier molecular flexibility index (Phi) is 6.46. The monoisotopic (exact) mass is 638 g/mol. The Morgan fingerprint density at radius 1 is 0.340 bits per heavy atom. The quantitative estimate of drug-likeness (QED) is 0.188. The van der Waals surface area contributed by atoms with Crippen molar-refractivity contribution in [2.45, 2.75) is 0 Å². The van der Waals surface area contributed by atoms with Gasteiger partial charge in [-0.3, -0.25) is 4.57 Å². The molecule has 0 amide bonds. The summed E-state index contributed by atoms with van der Waals surface area (Å²) in [6.07, 6.45) is 0. The van der Waals surface area contributed by atoms with E-state index in [4.69, 9.17) is 9.97 Å². The molecule has 0 fully saturated rings. The second-order valence-electron chi connectivity index (χ2n) is 12.6. The van der Waals surface area contributed by atoms with Crippen molar-refractivity contribution in [1.29, 1.82) is 0 Å². The number of rotatable bonds is 5. The predicted octanol–water partition coefficient (Wildman–Crippen LogP) is 11.7. The highest BCUT2D eigenvalue weighted by atomic mass is 15.2. The molecule has 0 spiro atoms. The van der Waals surface area contributed by atoms with Crippen LogP contribution in [0.25, 0.3) is 88.9 Å². The number of benzene rings is 7. The number of nitrogens with zero attached hydrogens (tertiary/aromatic N) is 4. The standard InChI is InChI=1S/C46H30N4/c1-4-14-31(15-5-1)32-24-26-34(27-25-32)40-30-39(33-16-6-2-7-17-33)47-46(48-40)50-42-23-13-11-21-38(42)44-43(50)29-28-37-36-20-10-12-22-41(36)49(45(37)44)35-18-8-3-9-19-35/h1-30H. The average molecular weight is 639 g/mol. The molecule has 0 saturated heterocycles. The van der Waals surface area contributed by atoms with Gasteiger partial charge in [-0.1, -0.05) is 146 Å². The maximum absolute atomic E-state index is 5.32. The fourth-order valence-corrected chi connectivity index (χ4v) is 7.47. The molecule has 0 radical (unpaired) electrons. The summed E-state index contributed by atoms with van der Waals surface area (Å²) in [5.41, 5.74) is 11.8. The minimum Gasteiger partial charge on any atom is -0.309 e. The average Bonchev–Trinajstić information content (AvgIpc) is 3.72. The first-order valence-electron chi connectivity index (χ1n) is 16.9. The fraction of sp³-hybridized carbons (Fsp3) is 0. The minimum atomic E-state index is 0.640. The van der Waals surface area contributed by atoms with Crippen LogP contribution in [0.3, 0.4) is 0 Å². The summed E-state index contributed by atoms with van der Waals surface area (Å²) in [7, 11) is 0. The van der Waals surface area contributed by atoms with E-state index in [2.05, 4.69) is 179 Å². The van der Waals surface area contributed by atoms with Crippen LogP contribution in [0.4, 0.5) is 0 Å². The van der Waals surface area contributed by atoms with Crippen LogP contribution in [-0.4, -0.2) is 19.1 Å². The molecule has 3 aromatic heterocycles. The molecule has 0 atom stereocenters. The zero-order chi connectivity index (χ0) is 33.0. The summed E-state index contributed by atoms with van der Waals surface area (Å²) in [5.74, 6) is 0.640. The number of para-hydroxylation sites is 3. The first-order valence-corrected chi connectivity index (χ1v) is 16.9. The van der Waals surface area contributed by atoms with E-state index in [0.29, 0.717) is 5.95 Å². The lowest BCUT2D eigenvalue weighted by Gasteiger charge is -2.12. The molecule has 7 aromatic carbocycles. The van der Waals surface area contributed by atoms with Crippen molar-refractivity contribution in [2.75, 3.05) is 0 Å². The molecular formula is C46H30N4. The van der Waals surface area contributed by atoms with Crippen molar-refractivity contribution in [3.8, 4) is 45.3 Å². The zero-order valence-electron chi connectivity index (χ0n) is 27.1. The second kappa shape index (κ2) is 11.4. The fourth-order valence-electron chi connectivity index (χ4n) is 7.47. The van der Waals surface area contributed by atoms with Crippen LogP contribution in [-0.2, 0) is 0 Å². The van der Waals surface area contributed by atoms with E-state index in [9.17, 15) is 0 Å². The highest BCUT2D eigenvalue weighted by molar-refractivity contribution is 6.26. The predicted molar refractivity (Wildman–Crippen MR) is 207 cm³/mol. The van der Waals surface area contributed by atoms with Gasteiger partial charge in [0.15, 0.2) is 0 Å². The smallest absolute Gasteiger partial charge is 0.235 e. The van der Waals surface area contributed by atoms with Crippen LogP contribution in [0, 0.1) is 0 Å². The van der Waals surface area contributed by atoms with E-state index in [0.717, 1.165) is 44.6 Å². The van der Waals surface area contributed by atoms with Gasteiger partial charge < -0.3 is 4.57 Å². The normalized spacial score (nSPS) is 11.6. The molecule has 0 aliphatic rings. The van der Waals surface area contributed by atoms with Gasteiger partial charge in [0.25, 0.3) is 0 Å². The summed E-state index contributed by atoms with van der Waals surface area (Å²) in [4.78, 5) is 10.6. The lowest BCUT2D eigenvalue weighted by molar-refractivity contribution is 0.996. The highest BCUT2D eigenvalue weighted by Gasteiger charge is 2.22. The van der Waals surface area contributed by atoms with E-state index in [1.54, 1.807) is 0 Å². The van der Waals surface area contributed by atoms with Crippen molar-refractivity contribution < 1.29 is 0 Å². The Morgan fingerprint density at radius 3 is 1.52 bits per heavy atom. The Hall–Kier alpha value is -6.78. The molecule has 3 heterocycles. The van der Waals surface area contributed by atoms with Crippen LogP contribution in [0.1, 0.15) is 0 Å². The van der Waals surface area contributed by atoms with Crippen molar-refractivity contribution >= 4 is 43.6 Å². The summed E-state index contributed by atoms with van der Waals surface area (Å²) in [6, 6.07) is 64.1. The number of hydrogen-bond donors (Lipinski definition) is 0. The van der Waals surface area contributed by atoms with E-state index in [1.165, 1.54) is 38.3 Å². The molecule has 0 aliphatic carbocycles. The molecule has 0 saturated carbocycles. The van der Waals surface area contributed by atoms with Gasteiger partial charge in [-0.15, -0.1) is 0 Å². The lowest BCUT2D eigenvalue weighted by atomic mass is 10.0. The molecule has 4 nitrogen and oxygen atoms in total. The van der Waals surface area contributed by atoms with Crippen molar-refractivity contribution in [2.24, 2.45) is 0 Å². The minimum absolute atomic E-state index is 0.640. The third kappa shape index (κ3) is 4.46. The molecule has 0 N–H and O–H groups in total. The molecular weight excluding hydrogens is 609 g/mol. The van der Waals surface area contributed by atoms with E-state index in [1.807, 2.05) is 12.1 Å². The highest BCUT2D eigenvalue weighted by Crippen LogP contribution is 2.42. The van der Waals surface area contributed by atoms with Gasteiger partial charge in [0.1, 0.15) is 0 Å². The van der Waals surface area contributed by atoms with Gasteiger partial charge in [-0.05, 0) is 47.5 Å². The second-order valence-corrected chi connectivity index (χ2v) is 12.6. The topological polar surface area (TPSA) is 35.6 Å². The Labute approximate surface area is 289 Å². The van der Waals surface area contributed by atoms with Crippen molar-refractivity contribution in [3.63, 3.8) is 0 Å². The molecule has 10 rings (SSSR count). The SMILES string of the molecule is c1ccc(-c2ccc(-c3cc(-c4ccccc4)nc(-n4c5ccccc5c5c4ccc4c6ccccc6n(-c6ccccc6)c45)n3)cc2)cc1. The van der Waals surface area contributed by atoms with Crippen LogP contribution in [0.5, 0.6) is 0 Å². The summed E-state index contributed by atoms with van der Waals surface area (Å²) < 4.78 is 4.65. The summed E-state index contributed by atoms with van der Waals surface area (Å²) in [6.45, 7) is 0. The summed E-state index contributed by atoms with van der Waals surface area (Å²) in [5, 5.41) is 4.79. The van der Waals surface area contributed by atoms with Gasteiger partial charge in [0, 0.05) is 38.4 Å². The summed E-state index contributed by atoms with van der Waals surface area (Å²) >= 11 is 0. The van der Waals surface area contributed by atoms with E-state index in [-0.39, 0.29) is 0 Å². The maximum atomic E-state index is 5.32. The first-order chi connectivity index (χ1) is 24.8. The van der Waals surface area contributed by atoms with Gasteiger partial charge in [0.05, 0.1) is 33.5 Å². The molecule has 0 aliphatic heterocycles. The van der Waals surface area contributed by atoms with E-state index >= 15 is 0 Å². The van der Waals surface area contributed by atoms with Gasteiger partial charge >= 0.3 is 0 Å². The number of hydrogen-bond acceptors (Lipinski definition) is 2. The van der Waals surface area contributed by atoms with Crippen LogP contribution in [0.2, 0.25) is 0 Å². The number of aromatic nitrogens is 4. The van der Waals surface area contributed by atoms with Crippen LogP contribution < -0.4 is 0 Å². The maximum Gasteiger partial charge on any atom is 0.235 e. The molecule has 234 valence electrons. The Balaban J connectivity index is 1.27. The molecule has 50 heavy (non-hydrogen) atoms. The van der Waals surface area contributed by atoms with Crippen LogP contribution in [0.15, 0.2) is 182 Å². The van der Waals surface area contributed by atoms with Gasteiger partial charge in [-0.25, -0.2) is 9.97 Å². The van der Waals surface area contributed by atoms with Gasteiger partial charge in [-0.2, -0.15) is 0 Å². The molecule has 0 bridgehead atoms. The third-order valence-electron chi connectivity index (χ3n) is 9.76. The molecule has 0 unspecified atom stereocenters. The Bertz CT molecular complexity index is 2830. The van der Waals surface area contributed by atoms with Gasteiger partial charge in [0.2, 0.25) is 5.95 Å².